The monoisotopic (exact) mass is 287 g/mol. The molecule has 3 rings (SSSR count). The van der Waals surface area contributed by atoms with Crippen molar-refractivity contribution in [3.63, 3.8) is 0 Å². The van der Waals surface area contributed by atoms with Gasteiger partial charge in [-0.25, -0.2) is 4.98 Å². The first-order valence-corrected chi connectivity index (χ1v) is 7.44. The second kappa shape index (κ2) is 5.35. The molecule has 1 saturated heterocycles. The van der Waals surface area contributed by atoms with Crippen LogP contribution in [0.2, 0.25) is 0 Å². The number of nitrogens with zero attached hydrogens (tertiary/aromatic N) is 4. The van der Waals surface area contributed by atoms with E-state index in [2.05, 4.69) is 15.1 Å². The van der Waals surface area contributed by atoms with Crippen molar-refractivity contribution in [2.45, 2.75) is 45.7 Å². The zero-order chi connectivity index (χ0) is 15.0. The SMILES string of the molecule is Cc1cnc(C2CCCN2C(=O)c2ccnn2C(C)C)[nH]1. The van der Waals surface area contributed by atoms with E-state index in [1.165, 1.54) is 0 Å². The molecule has 112 valence electrons. The van der Waals surface area contributed by atoms with Crippen LogP contribution in [0, 0.1) is 6.92 Å². The molecular formula is C15H21N5O. The van der Waals surface area contributed by atoms with Crippen LogP contribution in [0.4, 0.5) is 0 Å². The highest BCUT2D eigenvalue weighted by Crippen LogP contribution is 2.31. The van der Waals surface area contributed by atoms with Crippen LogP contribution in [0.1, 0.15) is 60.8 Å². The Morgan fingerprint density at radius 3 is 2.95 bits per heavy atom. The molecule has 1 aliphatic heterocycles. The lowest BCUT2D eigenvalue weighted by Gasteiger charge is -2.24. The molecule has 0 saturated carbocycles. The molecule has 3 heterocycles. The molecule has 1 fully saturated rings. The molecular weight excluding hydrogens is 266 g/mol. The summed E-state index contributed by atoms with van der Waals surface area (Å²) in [6, 6.07) is 2.01. The van der Waals surface area contributed by atoms with Gasteiger partial charge in [-0.05, 0) is 39.7 Å². The summed E-state index contributed by atoms with van der Waals surface area (Å²) in [5.74, 6) is 0.923. The quantitative estimate of drug-likeness (QED) is 0.943. The predicted octanol–water partition coefficient (Wildman–Crippen LogP) is 2.47. The Morgan fingerprint density at radius 2 is 2.29 bits per heavy atom. The number of aryl methyl sites for hydroxylation is 1. The maximum atomic E-state index is 12.8. The third-order valence-electron chi connectivity index (χ3n) is 3.93. The largest absolute Gasteiger partial charge is 0.344 e. The number of hydrogen-bond donors (Lipinski definition) is 1. The van der Waals surface area contributed by atoms with Crippen LogP contribution < -0.4 is 0 Å². The fourth-order valence-corrected chi connectivity index (χ4v) is 2.94. The lowest BCUT2D eigenvalue weighted by Crippen LogP contribution is -2.33. The Labute approximate surface area is 124 Å². The van der Waals surface area contributed by atoms with E-state index in [-0.39, 0.29) is 18.0 Å². The summed E-state index contributed by atoms with van der Waals surface area (Å²) in [4.78, 5) is 22.4. The van der Waals surface area contributed by atoms with Gasteiger partial charge in [-0.1, -0.05) is 0 Å². The van der Waals surface area contributed by atoms with Gasteiger partial charge in [0.25, 0.3) is 5.91 Å². The maximum absolute atomic E-state index is 12.8. The number of aromatic amines is 1. The van der Waals surface area contributed by atoms with Gasteiger partial charge < -0.3 is 9.88 Å². The number of imidazole rings is 1. The van der Waals surface area contributed by atoms with Crippen LogP contribution in [0.5, 0.6) is 0 Å². The lowest BCUT2D eigenvalue weighted by atomic mass is 10.2. The molecule has 1 atom stereocenters. The van der Waals surface area contributed by atoms with E-state index in [1.54, 1.807) is 16.9 Å². The Balaban J connectivity index is 1.88. The number of carbonyl (C=O) groups excluding carboxylic acids is 1. The zero-order valence-corrected chi connectivity index (χ0v) is 12.7. The molecule has 6 heteroatoms. The van der Waals surface area contributed by atoms with Crippen molar-refractivity contribution in [3.05, 3.63) is 35.7 Å². The smallest absolute Gasteiger partial charge is 0.272 e. The first-order valence-electron chi connectivity index (χ1n) is 7.44. The predicted molar refractivity (Wildman–Crippen MR) is 78.9 cm³/mol. The van der Waals surface area contributed by atoms with E-state index in [4.69, 9.17) is 0 Å². The number of carbonyl (C=O) groups is 1. The average Bonchev–Trinajstić information content (AvgIpc) is 3.17. The number of hydrogen-bond acceptors (Lipinski definition) is 3. The third-order valence-corrected chi connectivity index (χ3v) is 3.93. The van der Waals surface area contributed by atoms with Gasteiger partial charge in [0.2, 0.25) is 0 Å². The Bertz CT molecular complexity index is 642. The van der Waals surface area contributed by atoms with E-state index < -0.39 is 0 Å². The normalized spacial score (nSPS) is 18.7. The average molecular weight is 287 g/mol. The fourth-order valence-electron chi connectivity index (χ4n) is 2.94. The van der Waals surface area contributed by atoms with Crippen molar-refractivity contribution >= 4 is 5.91 Å². The molecule has 2 aromatic rings. The number of likely N-dealkylation sites (tertiary alicyclic amines) is 1. The van der Waals surface area contributed by atoms with Crippen molar-refractivity contribution in [1.29, 1.82) is 0 Å². The van der Waals surface area contributed by atoms with Crippen molar-refractivity contribution in [2.24, 2.45) is 0 Å². The number of rotatable bonds is 3. The second-order valence-corrected chi connectivity index (χ2v) is 5.86. The topological polar surface area (TPSA) is 66.8 Å². The minimum Gasteiger partial charge on any atom is -0.344 e. The highest BCUT2D eigenvalue weighted by molar-refractivity contribution is 5.93. The van der Waals surface area contributed by atoms with Crippen molar-refractivity contribution < 1.29 is 4.79 Å². The van der Waals surface area contributed by atoms with Crippen molar-refractivity contribution in [1.82, 2.24) is 24.6 Å². The minimum absolute atomic E-state index is 0.0396. The van der Waals surface area contributed by atoms with Gasteiger partial charge in [0.05, 0.1) is 6.04 Å². The van der Waals surface area contributed by atoms with Crippen LogP contribution in [0.25, 0.3) is 0 Å². The second-order valence-electron chi connectivity index (χ2n) is 5.86. The third kappa shape index (κ3) is 2.46. The van der Waals surface area contributed by atoms with E-state index in [0.29, 0.717) is 5.69 Å². The summed E-state index contributed by atoms with van der Waals surface area (Å²) in [7, 11) is 0. The van der Waals surface area contributed by atoms with E-state index in [0.717, 1.165) is 30.9 Å². The Kier molecular flexibility index (Phi) is 3.53. The molecule has 1 amide bonds. The molecule has 2 aromatic heterocycles. The zero-order valence-electron chi connectivity index (χ0n) is 12.7. The number of nitrogens with one attached hydrogen (secondary N) is 1. The summed E-state index contributed by atoms with van der Waals surface area (Å²) in [5, 5.41) is 4.26. The van der Waals surface area contributed by atoms with E-state index >= 15 is 0 Å². The minimum atomic E-state index is 0.0396. The molecule has 0 aliphatic carbocycles. The Hall–Kier alpha value is -2.11. The molecule has 0 bridgehead atoms. The molecule has 0 radical (unpaired) electrons. The summed E-state index contributed by atoms with van der Waals surface area (Å²) >= 11 is 0. The molecule has 0 aromatic carbocycles. The Morgan fingerprint density at radius 1 is 1.48 bits per heavy atom. The van der Waals surface area contributed by atoms with Crippen LogP contribution in [0.15, 0.2) is 18.5 Å². The van der Waals surface area contributed by atoms with Crippen LogP contribution in [-0.2, 0) is 0 Å². The molecule has 0 spiro atoms. The molecule has 1 unspecified atom stereocenters. The molecule has 21 heavy (non-hydrogen) atoms. The molecule has 1 aliphatic rings. The number of H-pyrrole nitrogens is 1. The van der Waals surface area contributed by atoms with Gasteiger partial charge in [-0.15, -0.1) is 0 Å². The first kappa shape index (κ1) is 13.9. The van der Waals surface area contributed by atoms with Crippen molar-refractivity contribution in [3.8, 4) is 0 Å². The summed E-state index contributed by atoms with van der Waals surface area (Å²) in [6.07, 6.45) is 5.46. The van der Waals surface area contributed by atoms with E-state index in [1.807, 2.05) is 31.9 Å². The van der Waals surface area contributed by atoms with Crippen LogP contribution in [0.3, 0.4) is 0 Å². The van der Waals surface area contributed by atoms with Crippen molar-refractivity contribution in [2.75, 3.05) is 6.54 Å². The molecule has 6 nitrogen and oxygen atoms in total. The van der Waals surface area contributed by atoms with Crippen LogP contribution in [-0.4, -0.2) is 37.1 Å². The lowest BCUT2D eigenvalue weighted by molar-refractivity contribution is 0.0715. The van der Waals surface area contributed by atoms with Gasteiger partial charge in [0.1, 0.15) is 11.5 Å². The van der Waals surface area contributed by atoms with Gasteiger partial charge >= 0.3 is 0 Å². The van der Waals surface area contributed by atoms with Gasteiger partial charge in [0, 0.05) is 30.7 Å². The summed E-state index contributed by atoms with van der Waals surface area (Å²) in [6.45, 7) is 6.81. The van der Waals surface area contributed by atoms with E-state index in [9.17, 15) is 4.79 Å². The first-order chi connectivity index (χ1) is 10.1. The standard InChI is InChI=1S/C15H21N5O/c1-10(2)20-13(6-7-17-20)15(21)19-8-4-5-12(19)14-16-9-11(3)18-14/h6-7,9-10,12H,4-5,8H2,1-3H3,(H,16,18). The fraction of sp³-hybridized carbons (Fsp3) is 0.533. The number of amides is 1. The van der Waals surface area contributed by atoms with Gasteiger partial charge in [0.15, 0.2) is 0 Å². The maximum Gasteiger partial charge on any atom is 0.272 e. The highest BCUT2D eigenvalue weighted by atomic mass is 16.2. The molecule has 1 N–H and O–H groups in total. The summed E-state index contributed by atoms with van der Waals surface area (Å²) in [5.41, 5.74) is 1.68. The van der Waals surface area contributed by atoms with Crippen LogP contribution >= 0.6 is 0 Å². The number of aromatic nitrogens is 4. The summed E-state index contributed by atoms with van der Waals surface area (Å²) < 4.78 is 1.78. The highest BCUT2D eigenvalue weighted by Gasteiger charge is 2.33. The van der Waals surface area contributed by atoms with Gasteiger partial charge in [-0.3, -0.25) is 9.48 Å². The van der Waals surface area contributed by atoms with Gasteiger partial charge in [-0.2, -0.15) is 5.10 Å².